The molecule has 1 amide bonds. The van der Waals surface area contributed by atoms with E-state index in [1.54, 1.807) is 6.92 Å². The number of nitrogens with two attached hydrogens (primary N) is 1. The average molecular weight is 219 g/mol. The molecule has 4 N–H and O–H groups in total. The minimum absolute atomic E-state index is 0.000486. The summed E-state index contributed by atoms with van der Waals surface area (Å²) in [5, 5.41) is 6.33. The molecule has 16 heavy (non-hydrogen) atoms. The van der Waals surface area contributed by atoms with E-state index in [4.69, 9.17) is 5.73 Å². The first-order valence-corrected chi connectivity index (χ1v) is 5.48. The second-order valence-corrected chi connectivity index (χ2v) is 4.31. The van der Waals surface area contributed by atoms with E-state index < -0.39 is 0 Å². The lowest BCUT2D eigenvalue weighted by Gasteiger charge is -2.29. The molecule has 1 heterocycles. The fourth-order valence-corrected chi connectivity index (χ4v) is 2.26. The van der Waals surface area contributed by atoms with Gasteiger partial charge in [-0.3, -0.25) is 4.79 Å². The van der Waals surface area contributed by atoms with Crippen LogP contribution in [-0.2, 0) is 10.3 Å². The molecular weight excluding hydrogens is 202 g/mol. The van der Waals surface area contributed by atoms with Gasteiger partial charge in [0, 0.05) is 19.2 Å². The second-order valence-electron chi connectivity index (χ2n) is 4.31. The molecule has 4 nitrogen and oxygen atoms in total. The first-order chi connectivity index (χ1) is 7.62. The van der Waals surface area contributed by atoms with Gasteiger partial charge in [-0.15, -0.1) is 0 Å². The number of carbonyl (C=O) groups excluding carboxylic acids is 1. The molecule has 1 aliphatic heterocycles. The van der Waals surface area contributed by atoms with Crippen LogP contribution in [0.25, 0.3) is 0 Å². The molecule has 1 fully saturated rings. The Balaban J connectivity index is 2.31. The maximum Gasteiger partial charge on any atom is 0.217 e. The summed E-state index contributed by atoms with van der Waals surface area (Å²) in [7, 11) is 0. The van der Waals surface area contributed by atoms with Crippen molar-refractivity contribution in [3.8, 4) is 0 Å². The number of anilines is 1. The van der Waals surface area contributed by atoms with Crippen molar-refractivity contribution in [3.63, 3.8) is 0 Å². The first-order valence-electron chi connectivity index (χ1n) is 5.48. The second kappa shape index (κ2) is 4.14. The van der Waals surface area contributed by atoms with Gasteiger partial charge in [0.1, 0.15) is 0 Å². The zero-order chi connectivity index (χ0) is 11.6. The quantitative estimate of drug-likeness (QED) is 0.638. The number of rotatable bonds is 2. The van der Waals surface area contributed by atoms with Crippen LogP contribution >= 0.6 is 0 Å². The molecule has 1 saturated heterocycles. The van der Waals surface area contributed by atoms with Crippen molar-refractivity contribution in [2.24, 2.45) is 0 Å². The van der Waals surface area contributed by atoms with Crippen molar-refractivity contribution in [1.29, 1.82) is 0 Å². The Bertz CT molecular complexity index is 380. The standard InChI is InChI=1S/C12H17N3O/c1-9(16)15-12(6-7-14-8-12)10-2-4-11(13)5-3-10/h2-5,14H,6-8,13H2,1H3,(H,15,16)/t12-/m1/s1. The highest BCUT2D eigenvalue weighted by Crippen LogP contribution is 2.28. The number of amides is 1. The molecule has 1 aromatic rings. The topological polar surface area (TPSA) is 67.2 Å². The summed E-state index contributed by atoms with van der Waals surface area (Å²) >= 11 is 0. The van der Waals surface area contributed by atoms with Gasteiger partial charge in [-0.1, -0.05) is 12.1 Å². The normalized spacial score (nSPS) is 24.3. The molecule has 86 valence electrons. The van der Waals surface area contributed by atoms with Gasteiger partial charge in [0.15, 0.2) is 0 Å². The van der Waals surface area contributed by atoms with E-state index in [2.05, 4.69) is 10.6 Å². The third-order valence-electron chi connectivity index (χ3n) is 3.03. The maximum absolute atomic E-state index is 11.3. The van der Waals surface area contributed by atoms with Crippen molar-refractivity contribution >= 4 is 11.6 Å². The van der Waals surface area contributed by atoms with Gasteiger partial charge in [-0.25, -0.2) is 0 Å². The van der Waals surface area contributed by atoms with Crippen molar-refractivity contribution < 1.29 is 4.79 Å². The van der Waals surface area contributed by atoms with E-state index >= 15 is 0 Å². The molecule has 1 aromatic carbocycles. The van der Waals surface area contributed by atoms with Crippen LogP contribution in [0.2, 0.25) is 0 Å². The third-order valence-corrected chi connectivity index (χ3v) is 3.03. The Morgan fingerprint density at radius 2 is 2.12 bits per heavy atom. The zero-order valence-corrected chi connectivity index (χ0v) is 9.42. The maximum atomic E-state index is 11.3. The van der Waals surface area contributed by atoms with Crippen LogP contribution in [-0.4, -0.2) is 19.0 Å². The Morgan fingerprint density at radius 1 is 1.44 bits per heavy atom. The highest BCUT2D eigenvalue weighted by Gasteiger charge is 2.36. The number of carbonyl (C=O) groups is 1. The lowest BCUT2D eigenvalue weighted by molar-refractivity contribution is -0.120. The van der Waals surface area contributed by atoms with E-state index in [9.17, 15) is 4.79 Å². The van der Waals surface area contributed by atoms with Crippen molar-refractivity contribution in [1.82, 2.24) is 10.6 Å². The fraction of sp³-hybridized carbons (Fsp3) is 0.417. The Kier molecular flexibility index (Phi) is 2.83. The lowest BCUT2D eigenvalue weighted by Crippen LogP contribution is -2.46. The van der Waals surface area contributed by atoms with E-state index in [0.29, 0.717) is 0 Å². The Morgan fingerprint density at radius 3 is 2.62 bits per heavy atom. The van der Waals surface area contributed by atoms with Crippen LogP contribution in [0.5, 0.6) is 0 Å². The van der Waals surface area contributed by atoms with E-state index in [-0.39, 0.29) is 11.4 Å². The number of benzene rings is 1. The van der Waals surface area contributed by atoms with Gasteiger partial charge < -0.3 is 16.4 Å². The molecule has 0 aliphatic carbocycles. The van der Waals surface area contributed by atoms with Crippen LogP contribution in [0.15, 0.2) is 24.3 Å². The summed E-state index contributed by atoms with van der Waals surface area (Å²) in [6.45, 7) is 3.25. The number of hydrogen-bond acceptors (Lipinski definition) is 3. The molecule has 0 radical (unpaired) electrons. The van der Waals surface area contributed by atoms with Gasteiger partial charge >= 0.3 is 0 Å². The molecule has 4 heteroatoms. The Hall–Kier alpha value is -1.55. The minimum atomic E-state index is -0.264. The van der Waals surface area contributed by atoms with Crippen LogP contribution < -0.4 is 16.4 Å². The summed E-state index contributed by atoms with van der Waals surface area (Å²) in [4.78, 5) is 11.3. The molecule has 2 rings (SSSR count). The molecular formula is C12H17N3O. The largest absolute Gasteiger partial charge is 0.399 e. The zero-order valence-electron chi connectivity index (χ0n) is 9.42. The molecule has 0 saturated carbocycles. The summed E-state index contributed by atoms with van der Waals surface area (Å²) in [5.41, 5.74) is 7.26. The molecule has 0 bridgehead atoms. The smallest absolute Gasteiger partial charge is 0.217 e. The van der Waals surface area contributed by atoms with Gasteiger partial charge in [0.05, 0.1) is 5.54 Å². The highest BCUT2D eigenvalue weighted by atomic mass is 16.1. The van der Waals surface area contributed by atoms with Crippen LogP contribution in [0.1, 0.15) is 18.9 Å². The average Bonchev–Trinajstić information content (AvgIpc) is 2.67. The first kappa shape index (κ1) is 11.0. The number of hydrogen-bond donors (Lipinski definition) is 3. The van der Waals surface area contributed by atoms with Crippen molar-refractivity contribution in [2.45, 2.75) is 18.9 Å². The van der Waals surface area contributed by atoms with Gasteiger partial charge in [-0.05, 0) is 30.7 Å². The summed E-state index contributed by atoms with van der Waals surface area (Å²) in [5.74, 6) is 0.000486. The lowest BCUT2D eigenvalue weighted by atomic mass is 9.88. The molecule has 1 aliphatic rings. The fourth-order valence-electron chi connectivity index (χ4n) is 2.26. The minimum Gasteiger partial charge on any atom is -0.399 e. The molecule has 0 aromatic heterocycles. The van der Waals surface area contributed by atoms with Crippen molar-refractivity contribution in [3.05, 3.63) is 29.8 Å². The molecule has 0 unspecified atom stereocenters. The van der Waals surface area contributed by atoms with Crippen LogP contribution in [0.3, 0.4) is 0 Å². The predicted molar refractivity (Wildman–Crippen MR) is 63.8 cm³/mol. The Labute approximate surface area is 95.2 Å². The van der Waals surface area contributed by atoms with E-state index in [0.717, 1.165) is 30.8 Å². The highest BCUT2D eigenvalue weighted by molar-refractivity contribution is 5.74. The molecule has 0 spiro atoms. The van der Waals surface area contributed by atoms with Crippen LogP contribution in [0.4, 0.5) is 5.69 Å². The van der Waals surface area contributed by atoms with Gasteiger partial charge in [-0.2, -0.15) is 0 Å². The monoisotopic (exact) mass is 219 g/mol. The van der Waals surface area contributed by atoms with Crippen molar-refractivity contribution in [2.75, 3.05) is 18.8 Å². The summed E-state index contributed by atoms with van der Waals surface area (Å²) in [6.07, 6.45) is 0.913. The van der Waals surface area contributed by atoms with Gasteiger partial charge in [0.25, 0.3) is 0 Å². The SMILES string of the molecule is CC(=O)N[C@]1(c2ccc(N)cc2)CCNC1. The number of nitrogen functional groups attached to an aromatic ring is 1. The summed E-state index contributed by atoms with van der Waals surface area (Å²) in [6, 6.07) is 7.71. The summed E-state index contributed by atoms with van der Waals surface area (Å²) < 4.78 is 0. The molecule has 1 atom stereocenters. The number of nitrogens with one attached hydrogen (secondary N) is 2. The van der Waals surface area contributed by atoms with E-state index in [1.165, 1.54) is 0 Å². The van der Waals surface area contributed by atoms with Gasteiger partial charge in [0.2, 0.25) is 5.91 Å². The van der Waals surface area contributed by atoms with E-state index in [1.807, 2.05) is 24.3 Å². The third kappa shape index (κ3) is 2.02. The predicted octanol–water partition coefficient (Wildman–Crippen LogP) is 0.593. The van der Waals surface area contributed by atoms with Crippen LogP contribution in [0, 0.1) is 0 Å².